The van der Waals surface area contributed by atoms with Gasteiger partial charge in [0.2, 0.25) is 0 Å². The summed E-state index contributed by atoms with van der Waals surface area (Å²) in [4.78, 5) is 20.7. The molecule has 0 aliphatic heterocycles. The van der Waals surface area contributed by atoms with Crippen molar-refractivity contribution >= 4 is 28.8 Å². The predicted octanol–water partition coefficient (Wildman–Crippen LogP) is 2.74. The van der Waals surface area contributed by atoms with Crippen molar-refractivity contribution in [3.63, 3.8) is 0 Å². The Bertz CT molecular complexity index is 562. The van der Waals surface area contributed by atoms with Crippen LogP contribution in [-0.2, 0) is 6.54 Å². The molecule has 1 N–H and O–H groups in total. The van der Waals surface area contributed by atoms with Crippen LogP contribution in [0.2, 0.25) is 4.34 Å². The van der Waals surface area contributed by atoms with Gasteiger partial charge in [0, 0.05) is 23.5 Å². The van der Waals surface area contributed by atoms with Gasteiger partial charge in [0.15, 0.2) is 0 Å². The van der Waals surface area contributed by atoms with Gasteiger partial charge in [0.25, 0.3) is 5.91 Å². The third-order valence-corrected chi connectivity index (χ3v) is 3.83. The molecule has 2 rings (SSSR count). The highest BCUT2D eigenvalue weighted by molar-refractivity contribution is 7.17. The van der Waals surface area contributed by atoms with Crippen LogP contribution in [0.15, 0.2) is 18.5 Å². The fraction of sp³-hybridized carbons (Fsp3) is 0.250. The average Bonchev–Trinajstić information content (AvgIpc) is 2.75. The fourth-order valence-corrected chi connectivity index (χ4v) is 2.53. The third-order valence-electron chi connectivity index (χ3n) is 2.60. The Hall–Kier alpha value is -1.46. The van der Waals surface area contributed by atoms with Crippen molar-refractivity contribution in [1.82, 2.24) is 15.3 Å². The van der Waals surface area contributed by atoms with Crippen molar-refractivity contribution in [2.45, 2.75) is 20.4 Å². The molecule has 0 fully saturated rings. The molecule has 1 amide bonds. The molecule has 0 aromatic carbocycles. The van der Waals surface area contributed by atoms with Gasteiger partial charge in [-0.05, 0) is 26.0 Å². The number of rotatable bonds is 3. The lowest BCUT2D eigenvalue weighted by Crippen LogP contribution is -2.23. The second kappa shape index (κ2) is 5.46. The molecule has 0 aliphatic rings. The molecule has 4 nitrogen and oxygen atoms in total. The van der Waals surface area contributed by atoms with E-state index in [1.54, 1.807) is 12.1 Å². The van der Waals surface area contributed by atoms with E-state index in [9.17, 15) is 4.79 Å². The number of carbonyl (C=O) groups is 1. The number of halogens is 1. The molecule has 2 heterocycles. The van der Waals surface area contributed by atoms with E-state index >= 15 is 0 Å². The van der Waals surface area contributed by atoms with Crippen molar-refractivity contribution in [3.05, 3.63) is 44.6 Å². The van der Waals surface area contributed by atoms with E-state index in [-0.39, 0.29) is 5.91 Å². The van der Waals surface area contributed by atoms with Crippen LogP contribution < -0.4 is 5.32 Å². The SMILES string of the molecule is Cc1ncnc(C)c1CNC(=O)c1ccc(Cl)s1. The van der Waals surface area contributed by atoms with E-state index in [4.69, 9.17) is 11.6 Å². The summed E-state index contributed by atoms with van der Waals surface area (Å²) in [5.74, 6) is -0.130. The Kier molecular flexibility index (Phi) is 3.93. The maximum absolute atomic E-state index is 11.9. The molecule has 0 saturated carbocycles. The minimum atomic E-state index is -0.130. The van der Waals surface area contributed by atoms with Gasteiger partial charge in [-0.1, -0.05) is 11.6 Å². The van der Waals surface area contributed by atoms with Crippen LogP contribution in [0.3, 0.4) is 0 Å². The lowest BCUT2D eigenvalue weighted by Gasteiger charge is -2.08. The second-order valence-corrected chi connectivity index (χ2v) is 5.52. The summed E-state index contributed by atoms with van der Waals surface area (Å²) in [6.45, 7) is 4.23. The number of nitrogens with one attached hydrogen (secondary N) is 1. The summed E-state index contributed by atoms with van der Waals surface area (Å²) in [5.41, 5.74) is 2.72. The van der Waals surface area contributed by atoms with Crippen LogP contribution in [0.4, 0.5) is 0 Å². The van der Waals surface area contributed by atoms with E-state index in [0.717, 1.165) is 17.0 Å². The van der Waals surface area contributed by atoms with E-state index < -0.39 is 0 Å². The Morgan fingerprint density at radius 2 is 2.00 bits per heavy atom. The molecule has 2 aromatic rings. The summed E-state index contributed by atoms with van der Waals surface area (Å²) >= 11 is 7.05. The first-order valence-corrected chi connectivity index (χ1v) is 6.58. The molecule has 0 atom stereocenters. The number of amides is 1. The minimum absolute atomic E-state index is 0.130. The van der Waals surface area contributed by atoms with Crippen molar-refractivity contribution in [2.75, 3.05) is 0 Å². The number of nitrogens with zero attached hydrogens (tertiary/aromatic N) is 2. The second-order valence-electron chi connectivity index (χ2n) is 3.81. The first-order chi connectivity index (χ1) is 8.58. The highest BCUT2D eigenvalue weighted by Gasteiger charge is 2.10. The zero-order valence-electron chi connectivity index (χ0n) is 10.0. The summed E-state index contributed by atoms with van der Waals surface area (Å²) < 4.78 is 0.607. The number of thiophene rings is 1. The molecule has 2 aromatic heterocycles. The zero-order chi connectivity index (χ0) is 13.1. The van der Waals surface area contributed by atoms with Gasteiger partial charge in [-0.25, -0.2) is 9.97 Å². The summed E-state index contributed by atoms with van der Waals surface area (Å²) in [5, 5.41) is 2.84. The van der Waals surface area contributed by atoms with Gasteiger partial charge in [-0.2, -0.15) is 0 Å². The van der Waals surface area contributed by atoms with Crippen LogP contribution in [0.5, 0.6) is 0 Å². The fourth-order valence-electron chi connectivity index (χ4n) is 1.57. The van der Waals surface area contributed by atoms with E-state index in [2.05, 4.69) is 15.3 Å². The van der Waals surface area contributed by atoms with Crippen molar-refractivity contribution in [3.8, 4) is 0 Å². The molecule has 0 saturated heterocycles. The molecule has 0 unspecified atom stereocenters. The molecule has 6 heteroatoms. The number of carbonyl (C=O) groups excluding carboxylic acids is 1. The molecule has 18 heavy (non-hydrogen) atoms. The lowest BCUT2D eigenvalue weighted by atomic mass is 10.2. The van der Waals surface area contributed by atoms with Gasteiger partial charge in [-0.3, -0.25) is 4.79 Å². The van der Waals surface area contributed by atoms with Gasteiger partial charge in [0.1, 0.15) is 6.33 Å². The Morgan fingerprint density at radius 3 is 2.56 bits per heavy atom. The maximum atomic E-state index is 11.9. The van der Waals surface area contributed by atoms with Crippen molar-refractivity contribution in [1.29, 1.82) is 0 Å². The van der Waals surface area contributed by atoms with E-state index in [0.29, 0.717) is 15.8 Å². The molecule has 0 aliphatic carbocycles. The van der Waals surface area contributed by atoms with Gasteiger partial charge < -0.3 is 5.32 Å². The topological polar surface area (TPSA) is 54.9 Å². The number of hydrogen-bond donors (Lipinski definition) is 1. The number of aryl methyl sites for hydroxylation is 2. The van der Waals surface area contributed by atoms with Crippen LogP contribution in [0, 0.1) is 13.8 Å². The van der Waals surface area contributed by atoms with Crippen LogP contribution in [-0.4, -0.2) is 15.9 Å². The molecular weight excluding hydrogens is 270 g/mol. The Balaban J connectivity index is 2.06. The monoisotopic (exact) mass is 281 g/mol. The Morgan fingerprint density at radius 1 is 1.33 bits per heavy atom. The highest BCUT2D eigenvalue weighted by atomic mass is 35.5. The average molecular weight is 282 g/mol. The molecule has 0 radical (unpaired) electrons. The standard InChI is InChI=1S/C12H12ClN3OS/c1-7-9(8(2)16-6-15-7)5-14-12(17)10-3-4-11(13)18-10/h3-4,6H,5H2,1-2H3,(H,14,17). The number of hydrogen-bond acceptors (Lipinski definition) is 4. The van der Waals surface area contributed by atoms with Gasteiger partial charge >= 0.3 is 0 Å². The third kappa shape index (κ3) is 2.86. The highest BCUT2D eigenvalue weighted by Crippen LogP contribution is 2.21. The van der Waals surface area contributed by atoms with Crippen LogP contribution in [0.1, 0.15) is 26.6 Å². The quantitative estimate of drug-likeness (QED) is 0.941. The maximum Gasteiger partial charge on any atom is 0.261 e. The largest absolute Gasteiger partial charge is 0.347 e. The zero-order valence-corrected chi connectivity index (χ0v) is 11.6. The molecule has 0 spiro atoms. The van der Waals surface area contributed by atoms with E-state index in [1.165, 1.54) is 17.7 Å². The number of aromatic nitrogens is 2. The molecule has 0 bridgehead atoms. The summed E-state index contributed by atoms with van der Waals surface area (Å²) in [7, 11) is 0. The molecule has 94 valence electrons. The Labute approximate surface area is 114 Å². The van der Waals surface area contributed by atoms with Gasteiger partial charge in [-0.15, -0.1) is 11.3 Å². The van der Waals surface area contributed by atoms with E-state index in [1.807, 2.05) is 13.8 Å². The van der Waals surface area contributed by atoms with Crippen LogP contribution >= 0.6 is 22.9 Å². The normalized spacial score (nSPS) is 10.4. The predicted molar refractivity (Wildman–Crippen MR) is 72.0 cm³/mol. The summed E-state index contributed by atoms with van der Waals surface area (Å²) in [6, 6.07) is 3.42. The van der Waals surface area contributed by atoms with Crippen molar-refractivity contribution in [2.24, 2.45) is 0 Å². The summed E-state index contributed by atoms with van der Waals surface area (Å²) in [6.07, 6.45) is 1.52. The van der Waals surface area contributed by atoms with Crippen molar-refractivity contribution < 1.29 is 4.79 Å². The van der Waals surface area contributed by atoms with Gasteiger partial charge in [0.05, 0.1) is 9.21 Å². The minimum Gasteiger partial charge on any atom is -0.347 e. The van der Waals surface area contributed by atoms with Crippen LogP contribution in [0.25, 0.3) is 0 Å². The first-order valence-electron chi connectivity index (χ1n) is 5.38. The molecular formula is C12H12ClN3OS. The lowest BCUT2D eigenvalue weighted by molar-refractivity contribution is 0.0955. The smallest absolute Gasteiger partial charge is 0.261 e. The first kappa shape index (κ1) is 13.0.